The summed E-state index contributed by atoms with van der Waals surface area (Å²) >= 11 is 0. The van der Waals surface area contributed by atoms with Crippen LogP contribution in [0.4, 0.5) is 5.69 Å². The first-order valence-electron chi connectivity index (χ1n) is 9.72. The maximum atomic E-state index is 12.7. The van der Waals surface area contributed by atoms with Gasteiger partial charge in [-0.25, -0.2) is 0 Å². The fourth-order valence-electron chi connectivity index (χ4n) is 3.90. The van der Waals surface area contributed by atoms with E-state index in [-0.39, 0.29) is 37.2 Å². The average Bonchev–Trinajstić information content (AvgIpc) is 3.45. The van der Waals surface area contributed by atoms with Crippen molar-refractivity contribution in [2.75, 3.05) is 18.0 Å². The van der Waals surface area contributed by atoms with Crippen molar-refractivity contribution in [2.45, 2.75) is 19.4 Å². The summed E-state index contributed by atoms with van der Waals surface area (Å²) in [7, 11) is 0. The summed E-state index contributed by atoms with van der Waals surface area (Å²) in [6, 6.07) is 14.6. The number of carbonyl (C=O) groups is 3. The Kier molecular flexibility index (Phi) is 4.35. The number of aromatic nitrogens is 4. The summed E-state index contributed by atoms with van der Waals surface area (Å²) in [6.45, 7) is 0.777. The summed E-state index contributed by atoms with van der Waals surface area (Å²) in [6.07, 6.45) is 1.10. The van der Waals surface area contributed by atoms with Crippen LogP contribution in [-0.2, 0) is 24.2 Å². The zero-order valence-electron chi connectivity index (χ0n) is 16.1. The molecule has 0 fully saturated rings. The molecule has 2 aromatic carbocycles. The van der Waals surface area contributed by atoms with Gasteiger partial charge in [0.2, 0.25) is 0 Å². The fourth-order valence-corrected chi connectivity index (χ4v) is 3.90. The van der Waals surface area contributed by atoms with E-state index >= 15 is 0 Å². The number of benzene rings is 2. The molecule has 0 radical (unpaired) electrons. The van der Waals surface area contributed by atoms with E-state index in [1.54, 1.807) is 29.2 Å². The number of carbonyl (C=O) groups excluding carboxylic acids is 3. The van der Waals surface area contributed by atoms with Crippen molar-refractivity contribution in [3.8, 4) is 0 Å². The van der Waals surface area contributed by atoms with E-state index in [2.05, 4.69) is 15.4 Å². The highest BCUT2D eigenvalue weighted by Crippen LogP contribution is 2.27. The van der Waals surface area contributed by atoms with E-state index < -0.39 is 0 Å². The second-order valence-electron chi connectivity index (χ2n) is 7.22. The molecule has 0 N–H and O–H groups in total. The lowest BCUT2D eigenvalue weighted by molar-refractivity contribution is -0.119. The van der Waals surface area contributed by atoms with Gasteiger partial charge in [0.1, 0.15) is 6.54 Å². The number of anilines is 1. The second kappa shape index (κ2) is 7.18. The topological polar surface area (TPSA) is 101 Å². The first kappa shape index (κ1) is 18.2. The zero-order valence-corrected chi connectivity index (χ0v) is 16.1. The largest absolute Gasteiger partial charge is 0.310 e. The smallest absolute Gasteiger partial charge is 0.261 e. The van der Waals surface area contributed by atoms with Gasteiger partial charge in [0.15, 0.2) is 5.82 Å². The quantitative estimate of drug-likeness (QED) is 0.593. The number of nitrogens with zero attached hydrogens (tertiary/aromatic N) is 6. The van der Waals surface area contributed by atoms with E-state index in [4.69, 9.17) is 0 Å². The Balaban J connectivity index is 1.21. The number of fused-ring (bicyclic) bond motifs is 2. The van der Waals surface area contributed by atoms with Crippen molar-refractivity contribution in [3.63, 3.8) is 0 Å². The molecule has 0 spiro atoms. The molecule has 1 aromatic heterocycles. The maximum absolute atomic E-state index is 12.7. The predicted molar refractivity (Wildman–Crippen MR) is 106 cm³/mol. The molecular weight excluding hydrogens is 384 g/mol. The number of amides is 3. The van der Waals surface area contributed by atoms with Crippen molar-refractivity contribution in [1.29, 1.82) is 0 Å². The Hall–Kier alpha value is -3.88. The minimum Gasteiger partial charge on any atom is -0.310 e. The number of tetrazole rings is 1. The van der Waals surface area contributed by atoms with Crippen LogP contribution in [0.25, 0.3) is 0 Å². The van der Waals surface area contributed by atoms with Gasteiger partial charge in [-0.3, -0.25) is 19.3 Å². The molecular formula is C21H18N6O3. The first-order valence-corrected chi connectivity index (χ1v) is 9.72. The standard InChI is InChI=1S/C21H18N6O3/c28-19(25-11-9-14-5-1-4-8-17(14)25)13-27-23-18(22-24-27)10-12-26-20(29)15-6-2-3-7-16(15)21(26)30/h1-8H,9-13H2. The monoisotopic (exact) mass is 402 g/mol. The molecule has 0 saturated carbocycles. The van der Waals surface area contributed by atoms with Crippen LogP contribution in [-0.4, -0.2) is 55.9 Å². The third-order valence-electron chi connectivity index (χ3n) is 5.40. The fraction of sp³-hybridized carbons (Fsp3) is 0.238. The number of hydrogen-bond donors (Lipinski definition) is 0. The van der Waals surface area contributed by atoms with E-state index in [0.29, 0.717) is 23.5 Å². The van der Waals surface area contributed by atoms with Crippen LogP contribution in [0.3, 0.4) is 0 Å². The van der Waals surface area contributed by atoms with Crippen LogP contribution >= 0.6 is 0 Å². The summed E-state index contributed by atoms with van der Waals surface area (Å²) in [4.78, 5) is 41.7. The summed E-state index contributed by atoms with van der Waals surface area (Å²) < 4.78 is 0. The SMILES string of the molecule is O=C1c2ccccc2C(=O)N1CCc1nnn(CC(=O)N2CCc3ccccc32)n1. The molecule has 30 heavy (non-hydrogen) atoms. The van der Waals surface area contributed by atoms with Crippen LogP contribution in [0.1, 0.15) is 32.1 Å². The van der Waals surface area contributed by atoms with Crippen molar-refractivity contribution in [1.82, 2.24) is 25.1 Å². The summed E-state index contributed by atoms with van der Waals surface area (Å²) in [5.41, 5.74) is 2.90. The number of imide groups is 1. The predicted octanol–water partition coefficient (Wildman–Crippen LogP) is 1.10. The lowest BCUT2D eigenvalue weighted by atomic mass is 10.1. The summed E-state index contributed by atoms with van der Waals surface area (Å²) in [5, 5.41) is 12.1. The lowest BCUT2D eigenvalue weighted by Gasteiger charge is -2.16. The van der Waals surface area contributed by atoms with Crippen LogP contribution < -0.4 is 4.90 Å². The molecule has 9 nitrogen and oxygen atoms in total. The number of para-hydroxylation sites is 1. The van der Waals surface area contributed by atoms with E-state index in [0.717, 1.165) is 17.7 Å². The van der Waals surface area contributed by atoms with Gasteiger partial charge in [0, 0.05) is 25.2 Å². The van der Waals surface area contributed by atoms with E-state index in [1.807, 2.05) is 24.3 Å². The molecule has 2 aliphatic heterocycles. The normalized spacial score (nSPS) is 14.9. The van der Waals surface area contributed by atoms with Gasteiger partial charge >= 0.3 is 0 Å². The van der Waals surface area contributed by atoms with Gasteiger partial charge in [0.25, 0.3) is 17.7 Å². The van der Waals surface area contributed by atoms with Crippen LogP contribution in [0.15, 0.2) is 48.5 Å². The Morgan fingerprint density at radius 1 is 0.967 bits per heavy atom. The molecule has 0 aliphatic carbocycles. The third-order valence-corrected chi connectivity index (χ3v) is 5.40. The Morgan fingerprint density at radius 3 is 2.43 bits per heavy atom. The number of hydrogen-bond acceptors (Lipinski definition) is 6. The Bertz CT molecular complexity index is 1140. The van der Waals surface area contributed by atoms with Crippen molar-refractivity contribution in [2.24, 2.45) is 0 Å². The zero-order chi connectivity index (χ0) is 20.7. The van der Waals surface area contributed by atoms with E-state index in [1.165, 1.54) is 9.70 Å². The van der Waals surface area contributed by atoms with Gasteiger partial charge in [-0.05, 0) is 35.4 Å². The third kappa shape index (κ3) is 3.04. The minimum absolute atomic E-state index is 0.0195. The number of rotatable bonds is 5. The van der Waals surface area contributed by atoms with Crippen molar-refractivity contribution in [3.05, 3.63) is 71.0 Å². The van der Waals surface area contributed by atoms with Crippen LogP contribution in [0.5, 0.6) is 0 Å². The molecule has 2 aliphatic rings. The minimum atomic E-state index is -0.314. The van der Waals surface area contributed by atoms with Gasteiger partial charge < -0.3 is 4.90 Å². The van der Waals surface area contributed by atoms with E-state index in [9.17, 15) is 14.4 Å². The van der Waals surface area contributed by atoms with Crippen molar-refractivity contribution >= 4 is 23.4 Å². The van der Waals surface area contributed by atoms with Crippen LogP contribution in [0.2, 0.25) is 0 Å². The van der Waals surface area contributed by atoms with Crippen molar-refractivity contribution < 1.29 is 14.4 Å². The molecule has 5 rings (SSSR count). The molecule has 0 unspecified atom stereocenters. The van der Waals surface area contributed by atoms with Crippen LogP contribution in [0, 0.1) is 0 Å². The molecule has 3 amide bonds. The van der Waals surface area contributed by atoms with Gasteiger partial charge in [0.05, 0.1) is 11.1 Å². The lowest BCUT2D eigenvalue weighted by Crippen LogP contribution is -2.33. The highest BCUT2D eigenvalue weighted by Gasteiger charge is 2.35. The molecule has 0 bridgehead atoms. The highest BCUT2D eigenvalue weighted by atomic mass is 16.2. The Labute approximate surface area is 171 Å². The molecule has 150 valence electrons. The summed E-state index contributed by atoms with van der Waals surface area (Å²) in [5.74, 6) is -0.359. The average molecular weight is 402 g/mol. The molecule has 3 heterocycles. The molecule has 3 aromatic rings. The molecule has 0 saturated heterocycles. The molecule has 9 heteroatoms. The molecule has 0 atom stereocenters. The Morgan fingerprint density at radius 2 is 1.67 bits per heavy atom. The van der Waals surface area contributed by atoms with Gasteiger partial charge in [-0.1, -0.05) is 30.3 Å². The highest BCUT2D eigenvalue weighted by molar-refractivity contribution is 6.21. The maximum Gasteiger partial charge on any atom is 0.261 e. The second-order valence-corrected chi connectivity index (χ2v) is 7.22. The van der Waals surface area contributed by atoms with Gasteiger partial charge in [-0.2, -0.15) is 4.80 Å². The first-order chi connectivity index (χ1) is 14.6. The van der Waals surface area contributed by atoms with Gasteiger partial charge in [-0.15, -0.1) is 10.2 Å².